The second kappa shape index (κ2) is 11.8. The SMILES string of the molecule is CCCCNC(=O)C(C)N(Cc1cccc(C)c1)C(=O)COc1ccc(Cl)cc1Cl. The summed E-state index contributed by atoms with van der Waals surface area (Å²) < 4.78 is 5.61. The van der Waals surface area contributed by atoms with Crippen molar-refractivity contribution < 1.29 is 14.3 Å². The van der Waals surface area contributed by atoms with Gasteiger partial charge in [0.2, 0.25) is 5.91 Å². The number of unbranched alkanes of at least 4 members (excludes halogenated alkanes) is 1. The number of benzene rings is 2. The van der Waals surface area contributed by atoms with Crippen molar-refractivity contribution >= 4 is 35.0 Å². The molecule has 0 saturated carbocycles. The number of nitrogens with zero attached hydrogens (tertiary/aromatic N) is 1. The van der Waals surface area contributed by atoms with Gasteiger partial charge >= 0.3 is 0 Å². The molecule has 162 valence electrons. The van der Waals surface area contributed by atoms with Crippen LogP contribution in [0.4, 0.5) is 0 Å². The van der Waals surface area contributed by atoms with Gasteiger partial charge < -0.3 is 15.0 Å². The van der Waals surface area contributed by atoms with Crippen LogP contribution in [-0.4, -0.2) is 35.9 Å². The lowest BCUT2D eigenvalue weighted by molar-refractivity contribution is -0.142. The van der Waals surface area contributed by atoms with Crippen LogP contribution in [0.25, 0.3) is 0 Å². The number of carbonyl (C=O) groups is 2. The van der Waals surface area contributed by atoms with Crippen molar-refractivity contribution in [1.29, 1.82) is 0 Å². The number of amides is 2. The lowest BCUT2D eigenvalue weighted by Crippen LogP contribution is -2.49. The lowest BCUT2D eigenvalue weighted by Gasteiger charge is -2.29. The summed E-state index contributed by atoms with van der Waals surface area (Å²) in [7, 11) is 0. The molecule has 2 aromatic carbocycles. The van der Waals surface area contributed by atoms with Gasteiger partial charge in [0, 0.05) is 18.1 Å². The third kappa shape index (κ3) is 7.22. The zero-order valence-corrected chi connectivity index (χ0v) is 19.1. The van der Waals surface area contributed by atoms with E-state index in [1.165, 1.54) is 4.90 Å². The largest absolute Gasteiger partial charge is 0.482 e. The minimum absolute atomic E-state index is 0.186. The molecule has 7 heteroatoms. The predicted molar refractivity (Wildman–Crippen MR) is 121 cm³/mol. The van der Waals surface area contributed by atoms with Crippen LogP contribution in [0.1, 0.15) is 37.8 Å². The number of nitrogens with one attached hydrogen (secondary N) is 1. The number of ether oxygens (including phenoxy) is 1. The van der Waals surface area contributed by atoms with Crippen molar-refractivity contribution in [3.63, 3.8) is 0 Å². The van der Waals surface area contributed by atoms with E-state index in [0.717, 1.165) is 24.0 Å². The summed E-state index contributed by atoms with van der Waals surface area (Å²) in [6.45, 7) is 6.43. The standard InChI is InChI=1S/C23H28Cl2N2O3/c1-4-5-11-26-23(29)17(3)27(14-18-8-6-7-16(2)12-18)22(28)15-30-21-10-9-19(24)13-20(21)25/h6-10,12-13,17H,4-5,11,14-15H2,1-3H3,(H,26,29). The van der Waals surface area contributed by atoms with Crippen LogP contribution in [0, 0.1) is 6.92 Å². The van der Waals surface area contributed by atoms with Crippen molar-refractivity contribution in [3.8, 4) is 5.75 Å². The van der Waals surface area contributed by atoms with Crippen molar-refractivity contribution in [2.24, 2.45) is 0 Å². The Morgan fingerprint density at radius 2 is 1.93 bits per heavy atom. The van der Waals surface area contributed by atoms with Crippen molar-refractivity contribution in [2.75, 3.05) is 13.2 Å². The molecule has 0 saturated heterocycles. The number of hydrogen-bond acceptors (Lipinski definition) is 3. The van der Waals surface area contributed by atoms with Crippen LogP contribution in [0.2, 0.25) is 10.0 Å². The van der Waals surface area contributed by atoms with Gasteiger partial charge in [0.05, 0.1) is 5.02 Å². The molecule has 2 amide bonds. The summed E-state index contributed by atoms with van der Waals surface area (Å²) in [5, 5.41) is 3.70. The molecule has 0 radical (unpaired) electrons. The molecule has 0 bridgehead atoms. The highest BCUT2D eigenvalue weighted by molar-refractivity contribution is 6.35. The zero-order chi connectivity index (χ0) is 22.1. The topological polar surface area (TPSA) is 58.6 Å². The van der Waals surface area contributed by atoms with Crippen LogP contribution >= 0.6 is 23.2 Å². The molecule has 2 rings (SSSR count). The Morgan fingerprint density at radius 1 is 1.17 bits per heavy atom. The molecule has 1 N–H and O–H groups in total. The Balaban J connectivity index is 2.13. The number of aryl methyl sites for hydroxylation is 1. The fourth-order valence-corrected chi connectivity index (χ4v) is 3.40. The summed E-state index contributed by atoms with van der Waals surface area (Å²) in [5.74, 6) is -0.125. The van der Waals surface area contributed by atoms with Crippen molar-refractivity contribution in [1.82, 2.24) is 10.2 Å². The maximum absolute atomic E-state index is 13.0. The molecule has 0 fully saturated rings. The van der Waals surface area contributed by atoms with Gasteiger partial charge in [0.1, 0.15) is 11.8 Å². The van der Waals surface area contributed by atoms with E-state index in [0.29, 0.717) is 28.9 Å². The van der Waals surface area contributed by atoms with Gasteiger partial charge in [-0.2, -0.15) is 0 Å². The average molecular weight is 451 g/mol. The molecule has 1 atom stereocenters. The summed E-state index contributed by atoms with van der Waals surface area (Å²) >= 11 is 12.0. The van der Waals surface area contributed by atoms with Gasteiger partial charge in [-0.05, 0) is 44.0 Å². The minimum atomic E-state index is -0.640. The zero-order valence-electron chi connectivity index (χ0n) is 17.6. The van der Waals surface area contributed by atoms with Crippen molar-refractivity contribution in [3.05, 3.63) is 63.6 Å². The number of rotatable bonds is 10. The molecule has 5 nitrogen and oxygen atoms in total. The van der Waals surface area contributed by atoms with E-state index in [4.69, 9.17) is 27.9 Å². The molecular weight excluding hydrogens is 423 g/mol. The van der Waals surface area contributed by atoms with Crippen LogP contribution in [-0.2, 0) is 16.1 Å². The van der Waals surface area contributed by atoms with E-state index >= 15 is 0 Å². The Labute approximate surface area is 188 Å². The van der Waals surface area contributed by atoms with Crippen LogP contribution < -0.4 is 10.1 Å². The fraction of sp³-hybridized carbons (Fsp3) is 0.391. The average Bonchev–Trinajstić information content (AvgIpc) is 2.71. The Hall–Kier alpha value is -2.24. The van der Waals surface area contributed by atoms with E-state index in [-0.39, 0.29) is 18.4 Å². The number of halogens is 2. The molecule has 2 aromatic rings. The highest BCUT2D eigenvalue weighted by Crippen LogP contribution is 2.27. The molecule has 0 heterocycles. The summed E-state index contributed by atoms with van der Waals surface area (Å²) in [6.07, 6.45) is 1.87. The van der Waals surface area contributed by atoms with Gasteiger partial charge in [-0.25, -0.2) is 0 Å². The Kier molecular flexibility index (Phi) is 9.47. The fourth-order valence-electron chi connectivity index (χ4n) is 2.94. The monoisotopic (exact) mass is 450 g/mol. The quantitative estimate of drug-likeness (QED) is 0.517. The summed E-state index contributed by atoms with van der Waals surface area (Å²) in [4.78, 5) is 27.1. The van der Waals surface area contributed by atoms with E-state index in [2.05, 4.69) is 12.2 Å². The summed E-state index contributed by atoms with van der Waals surface area (Å²) in [5.41, 5.74) is 2.03. The predicted octanol–water partition coefficient (Wildman–Crippen LogP) is 5.01. The maximum atomic E-state index is 13.0. The maximum Gasteiger partial charge on any atom is 0.261 e. The first-order chi connectivity index (χ1) is 14.3. The van der Waals surface area contributed by atoms with Gasteiger partial charge in [-0.1, -0.05) is 66.4 Å². The minimum Gasteiger partial charge on any atom is -0.482 e. The Morgan fingerprint density at radius 3 is 2.60 bits per heavy atom. The number of carbonyl (C=O) groups excluding carboxylic acids is 2. The normalized spacial score (nSPS) is 11.6. The van der Waals surface area contributed by atoms with Crippen molar-refractivity contribution in [2.45, 2.75) is 46.2 Å². The summed E-state index contributed by atoms with van der Waals surface area (Å²) in [6, 6.07) is 12.0. The molecule has 0 aliphatic carbocycles. The lowest BCUT2D eigenvalue weighted by atomic mass is 10.1. The molecule has 30 heavy (non-hydrogen) atoms. The number of hydrogen-bond donors (Lipinski definition) is 1. The highest BCUT2D eigenvalue weighted by atomic mass is 35.5. The van der Waals surface area contributed by atoms with Crippen LogP contribution in [0.5, 0.6) is 5.75 Å². The third-order valence-electron chi connectivity index (χ3n) is 4.68. The second-order valence-electron chi connectivity index (χ2n) is 7.19. The molecule has 0 aliphatic heterocycles. The van der Waals surface area contributed by atoms with Gasteiger partial charge in [0.25, 0.3) is 5.91 Å². The van der Waals surface area contributed by atoms with E-state index in [1.54, 1.807) is 25.1 Å². The second-order valence-corrected chi connectivity index (χ2v) is 8.04. The van der Waals surface area contributed by atoms with E-state index < -0.39 is 6.04 Å². The molecule has 1 unspecified atom stereocenters. The van der Waals surface area contributed by atoms with Crippen LogP contribution in [0.3, 0.4) is 0 Å². The molecule has 0 spiro atoms. The first-order valence-corrected chi connectivity index (χ1v) is 10.8. The third-order valence-corrected chi connectivity index (χ3v) is 5.21. The van der Waals surface area contributed by atoms with Gasteiger partial charge in [-0.15, -0.1) is 0 Å². The molecule has 0 aromatic heterocycles. The smallest absolute Gasteiger partial charge is 0.261 e. The first-order valence-electron chi connectivity index (χ1n) is 10.0. The highest BCUT2D eigenvalue weighted by Gasteiger charge is 2.26. The molecule has 0 aliphatic rings. The Bertz CT molecular complexity index is 873. The van der Waals surface area contributed by atoms with Crippen LogP contribution in [0.15, 0.2) is 42.5 Å². The first kappa shape index (κ1) is 24.0. The molecular formula is C23H28Cl2N2O3. The van der Waals surface area contributed by atoms with Gasteiger partial charge in [0.15, 0.2) is 6.61 Å². The van der Waals surface area contributed by atoms with E-state index in [9.17, 15) is 9.59 Å². The van der Waals surface area contributed by atoms with Gasteiger partial charge in [-0.3, -0.25) is 9.59 Å². The van der Waals surface area contributed by atoms with E-state index in [1.807, 2.05) is 31.2 Å².